The van der Waals surface area contributed by atoms with E-state index in [1.165, 1.54) is 0 Å². The molecule has 0 atom stereocenters. The van der Waals surface area contributed by atoms with Gasteiger partial charge in [-0.15, -0.1) is 0 Å². The zero-order valence-corrected chi connectivity index (χ0v) is 14.5. The van der Waals surface area contributed by atoms with Gasteiger partial charge in [-0.25, -0.2) is 0 Å². The van der Waals surface area contributed by atoms with Crippen LogP contribution in [0.25, 0.3) is 0 Å². The molecule has 2 aromatic carbocycles. The van der Waals surface area contributed by atoms with E-state index in [1.807, 2.05) is 35.2 Å². The molecule has 0 unspecified atom stereocenters. The summed E-state index contributed by atoms with van der Waals surface area (Å²) in [7, 11) is 0. The molecule has 3 rings (SSSR count). The van der Waals surface area contributed by atoms with E-state index in [1.54, 1.807) is 24.3 Å². The van der Waals surface area contributed by atoms with Gasteiger partial charge in [0, 0.05) is 24.3 Å². The molecule has 0 bridgehead atoms. The molecule has 6 heteroatoms. The molecular weight excluding hydrogens is 330 g/mol. The van der Waals surface area contributed by atoms with E-state index in [9.17, 15) is 14.7 Å². The first-order valence-corrected chi connectivity index (χ1v) is 8.66. The molecule has 1 aliphatic rings. The van der Waals surface area contributed by atoms with Gasteiger partial charge in [0.15, 0.2) is 0 Å². The van der Waals surface area contributed by atoms with Gasteiger partial charge in [0.2, 0.25) is 11.8 Å². The molecule has 2 aromatic rings. The van der Waals surface area contributed by atoms with Gasteiger partial charge in [-0.3, -0.25) is 14.5 Å². The van der Waals surface area contributed by atoms with Gasteiger partial charge in [-0.2, -0.15) is 0 Å². The lowest BCUT2D eigenvalue weighted by Crippen LogP contribution is -2.45. The maximum Gasteiger partial charge on any atom is 0.248 e. The van der Waals surface area contributed by atoms with E-state index in [0.717, 1.165) is 5.56 Å². The fraction of sp³-hybridized carbons (Fsp3) is 0.300. The minimum Gasteiger partial charge on any atom is -0.385 e. The normalized spacial score (nSPS) is 16.8. The van der Waals surface area contributed by atoms with E-state index in [4.69, 9.17) is 5.73 Å². The van der Waals surface area contributed by atoms with Crippen molar-refractivity contribution in [1.29, 1.82) is 0 Å². The third-order valence-electron chi connectivity index (χ3n) is 4.81. The Balaban J connectivity index is 1.51. The SMILES string of the molecule is NC(=O)c1ccc(NC(=O)CN2CCC(O)(c3ccccc3)CC2)cc1. The van der Waals surface area contributed by atoms with Crippen molar-refractivity contribution in [2.75, 3.05) is 25.0 Å². The van der Waals surface area contributed by atoms with Gasteiger partial charge in [-0.1, -0.05) is 30.3 Å². The monoisotopic (exact) mass is 353 g/mol. The number of primary amides is 1. The predicted octanol–water partition coefficient (Wildman–Crippen LogP) is 1.71. The van der Waals surface area contributed by atoms with Gasteiger partial charge >= 0.3 is 0 Å². The number of nitrogens with two attached hydrogens (primary N) is 1. The summed E-state index contributed by atoms with van der Waals surface area (Å²) in [5.74, 6) is -0.621. The Morgan fingerprint density at radius 2 is 1.65 bits per heavy atom. The quantitative estimate of drug-likeness (QED) is 0.762. The van der Waals surface area contributed by atoms with Crippen LogP contribution in [0, 0.1) is 0 Å². The molecule has 1 saturated heterocycles. The van der Waals surface area contributed by atoms with Crippen LogP contribution in [0.2, 0.25) is 0 Å². The molecule has 6 nitrogen and oxygen atoms in total. The average Bonchev–Trinajstić information content (AvgIpc) is 2.65. The zero-order valence-electron chi connectivity index (χ0n) is 14.5. The van der Waals surface area contributed by atoms with Gasteiger partial charge in [0.1, 0.15) is 0 Å². The van der Waals surface area contributed by atoms with Crippen molar-refractivity contribution in [3.63, 3.8) is 0 Å². The van der Waals surface area contributed by atoms with Gasteiger partial charge < -0.3 is 16.2 Å². The van der Waals surface area contributed by atoms with Crippen LogP contribution in [0.1, 0.15) is 28.8 Å². The Kier molecular flexibility index (Phi) is 5.35. The number of hydrogen-bond acceptors (Lipinski definition) is 4. The molecule has 1 fully saturated rings. The Hall–Kier alpha value is -2.70. The number of aliphatic hydroxyl groups is 1. The lowest BCUT2D eigenvalue weighted by Gasteiger charge is -2.38. The first-order valence-electron chi connectivity index (χ1n) is 8.66. The molecule has 1 heterocycles. The van der Waals surface area contributed by atoms with E-state index in [-0.39, 0.29) is 12.5 Å². The number of hydrogen-bond donors (Lipinski definition) is 3. The number of piperidine rings is 1. The van der Waals surface area contributed by atoms with Crippen molar-refractivity contribution in [2.45, 2.75) is 18.4 Å². The molecule has 2 amide bonds. The predicted molar refractivity (Wildman–Crippen MR) is 99.6 cm³/mol. The van der Waals surface area contributed by atoms with Crippen molar-refractivity contribution >= 4 is 17.5 Å². The molecule has 0 spiro atoms. The molecular formula is C20H23N3O3. The molecule has 0 aliphatic carbocycles. The maximum atomic E-state index is 12.2. The summed E-state index contributed by atoms with van der Waals surface area (Å²) < 4.78 is 0. The van der Waals surface area contributed by atoms with Gasteiger partial charge in [0.25, 0.3) is 0 Å². The second-order valence-corrected chi connectivity index (χ2v) is 6.66. The maximum absolute atomic E-state index is 12.2. The van der Waals surface area contributed by atoms with E-state index >= 15 is 0 Å². The number of anilines is 1. The fourth-order valence-electron chi connectivity index (χ4n) is 3.24. The highest BCUT2D eigenvalue weighted by atomic mass is 16.3. The van der Waals surface area contributed by atoms with Crippen LogP contribution in [-0.4, -0.2) is 41.5 Å². The minimum atomic E-state index is -0.821. The van der Waals surface area contributed by atoms with Crippen LogP contribution in [0.15, 0.2) is 54.6 Å². The molecule has 136 valence electrons. The third-order valence-corrected chi connectivity index (χ3v) is 4.81. The summed E-state index contributed by atoms with van der Waals surface area (Å²) in [6.45, 7) is 1.57. The number of carbonyl (C=O) groups excluding carboxylic acids is 2. The fourth-order valence-corrected chi connectivity index (χ4v) is 3.24. The highest BCUT2D eigenvalue weighted by molar-refractivity contribution is 5.95. The summed E-state index contributed by atoms with van der Waals surface area (Å²) in [6, 6.07) is 16.1. The third kappa shape index (κ3) is 4.28. The Morgan fingerprint density at radius 1 is 1.04 bits per heavy atom. The Bertz CT molecular complexity index is 767. The van der Waals surface area contributed by atoms with Crippen molar-refractivity contribution in [3.8, 4) is 0 Å². The second-order valence-electron chi connectivity index (χ2n) is 6.66. The molecule has 0 saturated carbocycles. The van der Waals surface area contributed by atoms with Crippen LogP contribution >= 0.6 is 0 Å². The van der Waals surface area contributed by atoms with Crippen molar-refractivity contribution in [2.24, 2.45) is 5.73 Å². The Morgan fingerprint density at radius 3 is 2.23 bits per heavy atom. The van der Waals surface area contributed by atoms with Crippen LogP contribution in [0.5, 0.6) is 0 Å². The minimum absolute atomic E-state index is 0.123. The van der Waals surface area contributed by atoms with Crippen LogP contribution < -0.4 is 11.1 Å². The van der Waals surface area contributed by atoms with Gasteiger partial charge in [0.05, 0.1) is 12.1 Å². The highest BCUT2D eigenvalue weighted by Crippen LogP contribution is 2.32. The number of benzene rings is 2. The molecule has 1 aliphatic heterocycles. The van der Waals surface area contributed by atoms with Crippen LogP contribution in [-0.2, 0) is 10.4 Å². The van der Waals surface area contributed by atoms with E-state index in [0.29, 0.717) is 37.2 Å². The number of rotatable bonds is 5. The van der Waals surface area contributed by atoms with Crippen molar-refractivity contribution < 1.29 is 14.7 Å². The Labute approximate surface area is 152 Å². The number of nitrogens with one attached hydrogen (secondary N) is 1. The zero-order chi connectivity index (χ0) is 18.6. The largest absolute Gasteiger partial charge is 0.385 e. The first-order chi connectivity index (χ1) is 12.5. The molecule has 26 heavy (non-hydrogen) atoms. The summed E-state index contributed by atoms with van der Waals surface area (Å²) in [6.07, 6.45) is 1.19. The van der Waals surface area contributed by atoms with Gasteiger partial charge in [-0.05, 0) is 42.7 Å². The van der Waals surface area contributed by atoms with Crippen molar-refractivity contribution in [1.82, 2.24) is 4.90 Å². The highest BCUT2D eigenvalue weighted by Gasteiger charge is 2.34. The van der Waals surface area contributed by atoms with E-state index < -0.39 is 11.5 Å². The number of amides is 2. The second kappa shape index (κ2) is 7.68. The first kappa shape index (κ1) is 18.1. The molecule has 0 radical (unpaired) electrons. The number of likely N-dealkylation sites (tertiary alicyclic amines) is 1. The van der Waals surface area contributed by atoms with Crippen LogP contribution in [0.4, 0.5) is 5.69 Å². The van der Waals surface area contributed by atoms with E-state index in [2.05, 4.69) is 5.32 Å². The number of carbonyl (C=O) groups is 2. The molecule has 4 N–H and O–H groups in total. The summed E-state index contributed by atoms with van der Waals surface area (Å²) in [5.41, 5.74) is 6.33. The lowest BCUT2D eigenvalue weighted by atomic mass is 9.84. The summed E-state index contributed by atoms with van der Waals surface area (Å²) in [5, 5.41) is 13.6. The summed E-state index contributed by atoms with van der Waals surface area (Å²) in [4.78, 5) is 25.3. The lowest BCUT2D eigenvalue weighted by molar-refractivity contribution is -0.118. The standard InChI is InChI=1S/C20H23N3O3/c21-19(25)15-6-8-17(9-7-15)22-18(24)14-23-12-10-20(26,11-13-23)16-4-2-1-3-5-16/h1-9,26H,10-14H2,(H2,21,25)(H,22,24). The molecule has 0 aromatic heterocycles. The van der Waals surface area contributed by atoms with Crippen LogP contribution in [0.3, 0.4) is 0 Å². The van der Waals surface area contributed by atoms with Crippen molar-refractivity contribution in [3.05, 3.63) is 65.7 Å². The smallest absolute Gasteiger partial charge is 0.248 e. The summed E-state index contributed by atoms with van der Waals surface area (Å²) >= 11 is 0. The topological polar surface area (TPSA) is 95.7 Å². The average molecular weight is 353 g/mol. The number of nitrogens with zero attached hydrogens (tertiary/aromatic N) is 1.